The van der Waals surface area contributed by atoms with Gasteiger partial charge in [-0.15, -0.1) is 0 Å². The third-order valence-electron chi connectivity index (χ3n) is 2.19. The van der Waals surface area contributed by atoms with E-state index in [1.54, 1.807) is 11.8 Å². The van der Waals surface area contributed by atoms with Crippen molar-refractivity contribution in [3.63, 3.8) is 0 Å². The van der Waals surface area contributed by atoms with Crippen LogP contribution in [0.25, 0.3) is 0 Å². The molecule has 3 rings (SSSR count). The fourth-order valence-electron chi connectivity index (χ4n) is 1.50. The summed E-state index contributed by atoms with van der Waals surface area (Å²) in [7, 11) is 0. The molecule has 0 aliphatic carbocycles. The Morgan fingerprint density at radius 1 is 0.933 bits per heavy atom. The summed E-state index contributed by atoms with van der Waals surface area (Å²) in [5.41, 5.74) is 0. The summed E-state index contributed by atoms with van der Waals surface area (Å²) in [6.45, 7) is 0. The molecule has 0 amide bonds. The maximum atomic E-state index is 5.91. The minimum Gasteiger partial charge on any atom is -0.455 e. The van der Waals surface area contributed by atoms with E-state index < -0.39 is 0 Å². The normalized spacial score (nSPS) is 12.6. The molecule has 0 aromatic heterocycles. The first-order chi connectivity index (χ1) is 7.33. The van der Waals surface area contributed by atoms with Gasteiger partial charge in [-0.25, -0.2) is 0 Å². The monoisotopic (exact) mass is 234 g/mol. The minimum atomic E-state index is 0.703. The first kappa shape index (κ1) is 9.13. The van der Waals surface area contributed by atoms with Gasteiger partial charge in [0, 0.05) is 11.1 Å². The SMILES string of the molecule is Clc1ccc2c(c1)Oc1ccccc1S2. The summed E-state index contributed by atoms with van der Waals surface area (Å²) in [6.07, 6.45) is 0. The van der Waals surface area contributed by atoms with E-state index >= 15 is 0 Å². The highest BCUT2D eigenvalue weighted by atomic mass is 35.5. The van der Waals surface area contributed by atoms with Crippen molar-refractivity contribution in [1.82, 2.24) is 0 Å². The fourth-order valence-corrected chi connectivity index (χ4v) is 2.59. The van der Waals surface area contributed by atoms with Crippen molar-refractivity contribution in [2.45, 2.75) is 9.79 Å². The maximum absolute atomic E-state index is 5.91. The van der Waals surface area contributed by atoms with E-state index in [2.05, 4.69) is 6.07 Å². The molecule has 0 fully saturated rings. The Bertz CT molecular complexity index is 525. The standard InChI is InChI=1S/C12H7ClOS/c13-8-5-6-12-10(7-8)14-9-3-1-2-4-11(9)15-12/h1-7H. The van der Waals surface area contributed by atoms with E-state index in [1.165, 1.54) is 0 Å². The molecule has 0 N–H and O–H groups in total. The van der Waals surface area contributed by atoms with Gasteiger partial charge in [-0.2, -0.15) is 0 Å². The smallest absolute Gasteiger partial charge is 0.142 e. The van der Waals surface area contributed by atoms with Crippen LogP contribution < -0.4 is 4.74 Å². The highest BCUT2D eigenvalue weighted by molar-refractivity contribution is 7.99. The van der Waals surface area contributed by atoms with Gasteiger partial charge in [0.1, 0.15) is 11.5 Å². The Hall–Kier alpha value is -1.12. The molecule has 0 saturated carbocycles. The number of benzene rings is 2. The summed E-state index contributed by atoms with van der Waals surface area (Å²) in [5, 5.41) is 0.703. The molecule has 3 heteroatoms. The Labute approximate surface area is 97.0 Å². The highest BCUT2D eigenvalue weighted by Gasteiger charge is 2.16. The minimum absolute atomic E-state index is 0.703. The molecular weight excluding hydrogens is 228 g/mol. The quantitative estimate of drug-likeness (QED) is 0.562. The number of halogens is 1. The van der Waals surface area contributed by atoms with Gasteiger partial charge in [0.15, 0.2) is 0 Å². The number of hydrogen-bond acceptors (Lipinski definition) is 2. The molecule has 1 heterocycles. The van der Waals surface area contributed by atoms with E-state index in [0.29, 0.717) is 5.02 Å². The van der Waals surface area contributed by atoms with Crippen LogP contribution in [-0.4, -0.2) is 0 Å². The molecule has 15 heavy (non-hydrogen) atoms. The summed E-state index contributed by atoms with van der Waals surface area (Å²) >= 11 is 7.62. The van der Waals surface area contributed by atoms with Crippen LogP contribution in [0.15, 0.2) is 52.3 Å². The van der Waals surface area contributed by atoms with E-state index in [9.17, 15) is 0 Å². The average Bonchev–Trinajstić information content (AvgIpc) is 2.26. The Morgan fingerprint density at radius 3 is 2.67 bits per heavy atom. The third-order valence-corrected chi connectivity index (χ3v) is 3.54. The zero-order chi connectivity index (χ0) is 10.3. The lowest BCUT2D eigenvalue weighted by atomic mass is 10.3. The van der Waals surface area contributed by atoms with Crippen molar-refractivity contribution in [2.75, 3.05) is 0 Å². The molecule has 2 aromatic carbocycles. The van der Waals surface area contributed by atoms with Gasteiger partial charge in [0.05, 0.1) is 9.79 Å². The van der Waals surface area contributed by atoms with Crippen LogP contribution in [0, 0.1) is 0 Å². The second kappa shape index (κ2) is 3.47. The average molecular weight is 235 g/mol. The van der Waals surface area contributed by atoms with Crippen molar-refractivity contribution >= 4 is 23.4 Å². The predicted octanol–water partition coefficient (Wildman–Crippen LogP) is 4.60. The van der Waals surface area contributed by atoms with Crippen molar-refractivity contribution < 1.29 is 4.74 Å². The molecule has 1 aliphatic rings. The summed E-state index contributed by atoms with van der Waals surface area (Å²) in [6, 6.07) is 13.7. The van der Waals surface area contributed by atoms with Crippen LogP contribution in [0.4, 0.5) is 0 Å². The lowest BCUT2D eigenvalue weighted by Crippen LogP contribution is -1.93. The molecule has 0 atom stereocenters. The summed E-state index contributed by atoms with van der Waals surface area (Å²) in [4.78, 5) is 2.26. The van der Waals surface area contributed by atoms with Crippen molar-refractivity contribution in [2.24, 2.45) is 0 Å². The molecule has 0 radical (unpaired) electrons. The van der Waals surface area contributed by atoms with Gasteiger partial charge in [-0.3, -0.25) is 0 Å². The molecule has 1 aliphatic heterocycles. The van der Waals surface area contributed by atoms with Crippen molar-refractivity contribution in [1.29, 1.82) is 0 Å². The van der Waals surface area contributed by atoms with Gasteiger partial charge in [0.2, 0.25) is 0 Å². The van der Waals surface area contributed by atoms with Crippen molar-refractivity contribution in [3.8, 4) is 11.5 Å². The van der Waals surface area contributed by atoms with Gasteiger partial charge < -0.3 is 4.74 Å². The molecule has 0 unspecified atom stereocenters. The Balaban J connectivity index is 2.11. The van der Waals surface area contributed by atoms with E-state index in [0.717, 1.165) is 21.3 Å². The van der Waals surface area contributed by atoms with Gasteiger partial charge >= 0.3 is 0 Å². The van der Waals surface area contributed by atoms with E-state index in [1.807, 2.05) is 36.4 Å². The van der Waals surface area contributed by atoms with Crippen LogP contribution in [0.3, 0.4) is 0 Å². The predicted molar refractivity (Wildman–Crippen MR) is 62.1 cm³/mol. The maximum Gasteiger partial charge on any atom is 0.142 e. The largest absolute Gasteiger partial charge is 0.455 e. The van der Waals surface area contributed by atoms with Crippen LogP contribution in [0.5, 0.6) is 11.5 Å². The Kier molecular flexibility index (Phi) is 2.11. The number of hydrogen-bond donors (Lipinski definition) is 0. The molecule has 0 saturated heterocycles. The first-order valence-electron chi connectivity index (χ1n) is 4.57. The fraction of sp³-hybridized carbons (Fsp3) is 0. The lowest BCUT2D eigenvalue weighted by Gasteiger charge is -2.19. The number of fused-ring (bicyclic) bond motifs is 2. The third kappa shape index (κ3) is 1.60. The second-order valence-corrected chi connectivity index (χ2v) is 4.76. The van der Waals surface area contributed by atoms with Gasteiger partial charge in [0.25, 0.3) is 0 Å². The lowest BCUT2D eigenvalue weighted by molar-refractivity contribution is 0.454. The highest BCUT2D eigenvalue weighted by Crippen LogP contribution is 2.47. The molecule has 0 bridgehead atoms. The molecule has 74 valence electrons. The number of para-hydroxylation sites is 1. The molecule has 1 nitrogen and oxygen atoms in total. The first-order valence-corrected chi connectivity index (χ1v) is 5.77. The zero-order valence-electron chi connectivity index (χ0n) is 7.74. The number of ether oxygens (including phenoxy) is 1. The van der Waals surface area contributed by atoms with Gasteiger partial charge in [-0.05, 0) is 24.3 Å². The molecular formula is C12H7ClOS. The van der Waals surface area contributed by atoms with Crippen LogP contribution in [0.2, 0.25) is 5.02 Å². The van der Waals surface area contributed by atoms with Crippen LogP contribution in [-0.2, 0) is 0 Å². The summed E-state index contributed by atoms with van der Waals surface area (Å²) < 4.78 is 5.75. The number of rotatable bonds is 0. The molecule has 0 spiro atoms. The second-order valence-electron chi connectivity index (χ2n) is 3.24. The summed E-state index contributed by atoms with van der Waals surface area (Å²) in [5.74, 6) is 1.74. The van der Waals surface area contributed by atoms with Gasteiger partial charge in [-0.1, -0.05) is 35.5 Å². The van der Waals surface area contributed by atoms with E-state index in [4.69, 9.17) is 16.3 Å². The topological polar surface area (TPSA) is 9.23 Å². The zero-order valence-corrected chi connectivity index (χ0v) is 9.31. The van der Waals surface area contributed by atoms with Crippen LogP contribution in [0.1, 0.15) is 0 Å². The Morgan fingerprint density at radius 2 is 1.73 bits per heavy atom. The van der Waals surface area contributed by atoms with Crippen molar-refractivity contribution in [3.05, 3.63) is 47.5 Å². The van der Waals surface area contributed by atoms with Crippen LogP contribution >= 0.6 is 23.4 Å². The molecule has 2 aromatic rings. The van der Waals surface area contributed by atoms with E-state index in [-0.39, 0.29) is 0 Å².